The van der Waals surface area contributed by atoms with Crippen LogP contribution in [-0.2, 0) is 0 Å². The van der Waals surface area contributed by atoms with E-state index in [4.69, 9.17) is 10.2 Å². The molecule has 2 aromatic heterocycles. The summed E-state index contributed by atoms with van der Waals surface area (Å²) >= 11 is 0. The first-order chi connectivity index (χ1) is 9.04. The maximum absolute atomic E-state index is 5.67. The van der Waals surface area contributed by atoms with E-state index in [0.29, 0.717) is 0 Å². The summed E-state index contributed by atoms with van der Waals surface area (Å²) < 4.78 is 5.55. The van der Waals surface area contributed by atoms with Gasteiger partial charge in [-0.15, -0.1) is 0 Å². The van der Waals surface area contributed by atoms with E-state index in [-0.39, 0.29) is 11.9 Å². The first kappa shape index (κ1) is 11.8. The van der Waals surface area contributed by atoms with Gasteiger partial charge in [-0.3, -0.25) is 0 Å². The fraction of sp³-hybridized carbons (Fsp3) is 0.286. The Morgan fingerprint density at radius 2 is 2.05 bits per heavy atom. The third-order valence-electron chi connectivity index (χ3n) is 3.08. The Hall–Kier alpha value is -2.30. The molecule has 0 saturated carbocycles. The zero-order valence-corrected chi connectivity index (χ0v) is 11.2. The Morgan fingerprint density at radius 1 is 1.26 bits per heavy atom. The number of nitrogens with zero attached hydrogens (tertiary/aromatic N) is 2. The van der Waals surface area contributed by atoms with E-state index < -0.39 is 0 Å². The number of oxazole rings is 1. The van der Waals surface area contributed by atoms with Gasteiger partial charge in [-0.2, -0.15) is 4.98 Å². The van der Waals surface area contributed by atoms with Gasteiger partial charge in [0.05, 0.1) is 16.7 Å². The van der Waals surface area contributed by atoms with E-state index in [1.165, 1.54) is 0 Å². The molecule has 3 rings (SSSR count). The highest BCUT2D eigenvalue weighted by atomic mass is 16.4. The van der Waals surface area contributed by atoms with Crippen LogP contribution in [0.3, 0.4) is 0 Å². The summed E-state index contributed by atoms with van der Waals surface area (Å²) in [7, 11) is 0. The molecule has 0 fully saturated rings. The molecule has 98 valence electrons. The van der Waals surface area contributed by atoms with Crippen LogP contribution in [0.4, 0.5) is 6.01 Å². The van der Waals surface area contributed by atoms with E-state index >= 15 is 0 Å². The molecule has 0 amide bonds. The largest absolute Gasteiger partial charge is 0.423 e. The van der Waals surface area contributed by atoms with Crippen LogP contribution in [0.15, 0.2) is 22.6 Å². The number of aryl methyl sites for hydroxylation is 1. The fourth-order valence-corrected chi connectivity index (χ4v) is 2.23. The molecule has 3 aromatic rings. The maximum Gasteiger partial charge on any atom is 0.292 e. The van der Waals surface area contributed by atoms with E-state index in [1.54, 1.807) is 0 Å². The number of nitrogens with two attached hydrogens (primary N) is 1. The number of aromatic nitrogens is 3. The number of rotatable bonds is 2. The first-order valence-corrected chi connectivity index (χ1v) is 6.27. The van der Waals surface area contributed by atoms with Gasteiger partial charge in [-0.25, -0.2) is 4.98 Å². The smallest absolute Gasteiger partial charge is 0.292 e. The minimum absolute atomic E-state index is 0.208. The minimum Gasteiger partial charge on any atom is -0.423 e. The Balaban J connectivity index is 2.18. The quantitative estimate of drug-likeness (QED) is 0.737. The monoisotopic (exact) mass is 256 g/mol. The summed E-state index contributed by atoms with van der Waals surface area (Å²) in [5.41, 5.74) is 9.45. The van der Waals surface area contributed by atoms with Crippen LogP contribution in [0.25, 0.3) is 22.4 Å². The number of nitrogens with one attached hydrogen (secondary N) is 1. The van der Waals surface area contributed by atoms with Crippen LogP contribution in [-0.4, -0.2) is 15.0 Å². The summed E-state index contributed by atoms with van der Waals surface area (Å²) in [4.78, 5) is 11.9. The third kappa shape index (κ3) is 1.97. The molecule has 0 atom stereocenters. The molecule has 1 aromatic carbocycles. The molecule has 19 heavy (non-hydrogen) atoms. The van der Waals surface area contributed by atoms with Crippen molar-refractivity contribution in [3.05, 3.63) is 29.7 Å². The van der Waals surface area contributed by atoms with Gasteiger partial charge in [0, 0.05) is 5.56 Å². The van der Waals surface area contributed by atoms with Crippen molar-refractivity contribution in [1.82, 2.24) is 15.0 Å². The number of hydrogen-bond donors (Lipinski definition) is 2. The van der Waals surface area contributed by atoms with E-state index in [9.17, 15) is 0 Å². The van der Waals surface area contributed by atoms with E-state index in [1.807, 2.05) is 25.1 Å². The second kappa shape index (κ2) is 4.12. The number of anilines is 1. The lowest BCUT2D eigenvalue weighted by Gasteiger charge is -2.03. The molecule has 0 unspecified atom stereocenters. The van der Waals surface area contributed by atoms with Crippen molar-refractivity contribution in [1.29, 1.82) is 0 Å². The number of hydrogen-bond acceptors (Lipinski definition) is 4. The van der Waals surface area contributed by atoms with Crippen LogP contribution in [0.2, 0.25) is 0 Å². The Morgan fingerprint density at radius 3 is 2.79 bits per heavy atom. The van der Waals surface area contributed by atoms with Gasteiger partial charge in [-0.1, -0.05) is 13.8 Å². The number of H-pyrrole nitrogens is 1. The molecule has 3 N–H and O–H groups in total. The van der Waals surface area contributed by atoms with Crippen molar-refractivity contribution in [2.45, 2.75) is 26.7 Å². The standard InChI is InChI=1S/C14H16N4O/c1-7(2)12-13(19-14(15)18-12)9-4-5-10-11(6-9)17-8(3)16-10/h4-7H,1-3H3,(H2,15,18)(H,16,17). The predicted octanol–water partition coefficient (Wildman–Crippen LogP) is 3.23. The number of fused-ring (bicyclic) bond motifs is 1. The van der Waals surface area contributed by atoms with Crippen LogP contribution in [0.5, 0.6) is 0 Å². The van der Waals surface area contributed by atoms with Crippen LogP contribution in [0.1, 0.15) is 31.3 Å². The predicted molar refractivity (Wildman–Crippen MR) is 74.8 cm³/mol. The zero-order chi connectivity index (χ0) is 13.6. The molecule has 0 spiro atoms. The van der Waals surface area contributed by atoms with Crippen molar-refractivity contribution >= 4 is 17.0 Å². The molecule has 0 aliphatic heterocycles. The lowest BCUT2D eigenvalue weighted by molar-refractivity contribution is 0.592. The molecule has 5 nitrogen and oxygen atoms in total. The number of nitrogen functional groups attached to an aromatic ring is 1. The number of aromatic amines is 1. The van der Waals surface area contributed by atoms with Gasteiger partial charge in [0.1, 0.15) is 5.82 Å². The van der Waals surface area contributed by atoms with Crippen molar-refractivity contribution < 1.29 is 4.42 Å². The van der Waals surface area contributed by atoms with Gasteiger partial charge in [0.25, 0.3) is 6.01 Å². The third-order valence-corrected chi connectivity index (χ3v) is 3.08. The van der Waals surface area contributed by atoms with Gasteiger partial charge in [0.2, 0.25) is 0 Å². The first-order valence-electron chi connectivity index (χ1n) is 6.27. The van der Waals surface area contributed by atoms with Crippen molar-refractivity contribution in [2.24, 2.45) is 0 Å². The summed E-state index contributed by atoms with van der Waals surface area (Å²) in [6, 6.07) is 6.17. The Labute approximate surface area is 110 Å². The molecular formula is C14H16N4O. The highest BCUT2D eigenvalue weighted by Gasteiger charge is 2.17. The van der Waals surface area contributed by atoms with Gasteiger partial charge < -0.3 is 15.1 Å². The summed E-state index contributed by atoms with van der Waals surface area (Å²) in [5.74, 6) is 1.89. The Bertz CT molecular complexity index is 739. The molecule has 5 heteroatoms. The molecule has 0 aliphatic carbocycles. The zero-order valence-electron chi connectivity index (χ0n) is 11.2. The summed E-state index contributed by atoms with van der Waals surface area (Å²) in [6.45, 7) is 6.07. The SMILES string of the molecule is Cc1nc2ccc(-c3oc(N)nc3C(C)C)cc2[nH]1. The molecular weight excluding hydrogens is 240 g/mol. The molecule has 0 radical (unpaired) electrons. The van der Waals surface area contributed by atoms with Crippen LogP contribution < -0.4 is 5.73 Å². The van der Waals surface area contributed by atoms with E-state index in [2.05, 4.69) is 28.8 Å². The summed E-state index contributed by atoms with van der Waals surface area (Å²) in [5, 5.41) is 0. The summed E-state index contributed by atoms with van der Waals surface area (Å²) in [6.07, 6.45) is 0. The van der Waals surface area contributed by atoms with Gasteiger partial charge in [0.15, 0.2) is 5.76 Å². The highest BCUT2D eigenvalue weighted by molar-refractivity contribution is 5.81. The van der Waals surface area contributed by atoms with E-state index in [0.717, 1.165) is 33.9 Å². The van der Waals surface area contributed by atoms with Crippen LogP contribution >= 0.6 is 0 Å². The average Bonchev–Trinajstić information content (AvgIpc) is 2.89. The number of imidazole rings is 1. The van der Waals surface area contributed by atoms with Crippen molar-refractivity contribution in [3.8, 4) is 11.3 Å². The maximum atomic E-state index is 5.67. The van der Waals surface area contributed by atoms with Gasteiger partial charge >= 0.3 is 0 Å². The molecule has 2 heterocycles. The second-order valence-electron chi connectivity index (χ2n) is 4.98. The minimum atomic E-state index is 0.208. The Kier molecular flexibility index (Phi) is 2.55. The van der Waals surface area contributed by atoms with Crippen molar-refractivity contribution in [2.75, 3.05) is 5.73 Å². The fourth-order valence-electron chi connectivity index (χ4n) is 2.23. The van der Waals surface area contributed by atoms with Crippen LogP contribution in [0, 0.1) is 6.92 Å². The van der Waals surface area contributed by atoms with Crippen molar-refractivity contribution in [3.63, 3.8) is 0 Å². The second-order valence-corrected chi connectivity index (χ2v) is 4.98. The number of benzene rings is 1. The lowest BCUT2D eigenvalue weighted by atomic mass is 10.0. The average molecular weight is 256 g/mol. The highest BCUT2D eigenvalue weighted by Crippen LogP contribution is 2.32. The lowest BCUT2D eigenvalue weighted by Crippen LogP contribution is -1.91. The van der Waals surface area contributed by atoms with Gasteiger partial charge in [-0.05, 0) is 31.0 Å². The molecule has 0 bridgehead atoms. The molecule has 0 aliphatic rings. The normalized spacial score (nSPS) is 11.6. The molecule has 0 saturated heterocycles. The topological polar surface area (TPSA) is 80.7 Å².